The van der Waals surface area contributed by atoms with Crippen molar-refractivity contribution < 1.29 is 19.0 Å². The van der Waals surface area contributed by atoms with E-state index in [2.05, 4.69) is 14.9 Å². The fraction of sp³-hybridized carbons (Fsp3) is 0.357. The molecule has 1 aromatic heterocycles. The van der Waals surface area contributed by atoms with Gasteiger partial charge < -0.3 is 19.5 Å². The highest BCUT2D eigenvalue weighted by molar-refractivity contribution is 7.05. The fourth-order valence-corrected chi connectivity index (χ4v) is 2.50. The molecule has 0 aliphatic carbocycles. The molecule has 0 saturated carbocycles. The second-order valence-electron chi connectivity index (χ2n) is 4.77. The lowest BCUT2D eigenvalue weighted by atomic mass is 10.3. The van der Waals surface area contributed by atoms with Crippen LogP contribution in [0.4, 0.5) is 0 Å². The van der Waals surface area contributed by atoms with Gasteiger partial charge in [-0.15, -0.1) is 5.10 Å². The molecule has 1 aliphatic heterocycles. The van der Waals surface area contributed by atoms with Crippen LogP contribution in [0.3, 0.4) is 0 Å². The number of hydrogen-bond donors (Lipinski definition) is 1. The second kappa shape index (κ2) is 6.18. The third kappa shape index (κ3) is 3.11. The largest absolute Gasteiger partial charge is 0.481 e. The number of amides is 1. The molecule has 7 nitrogen and oxygen atoms in total. The Morgan fingerprint density at radius 2 is 2.27 bits per heavy atom. The number of hydrogen-bond acceptors (Lipinski definition) is 7. The van der Waals surface area contributed by atoms with Crippen molar-refractivity contribution in [3.8, 4) is 17.2 Å². The predicted octanol–water partition coefficient (Wildman–Crippen LogP) is 1.66. The molecule has 0 spiro atoms. The first-order valence-electron chi connectivity index (χ1n) is 6.75. The molecule has 1 atom stereocenters. The van der Waals surface area contributed by atoms with Crippen molar-refractivity contribution in [3.63, 3.8) is 0 Å². The fourth-order valence-electron chi connectivity index (χ4n) is 1.93. The zero-order chi connectivity index (χ0) is 15.5. The minimum atomic E-state index is -0.624. The first kappa shape index (κ1) is 14.6. The summed E-state index contributed by atoms with van der Waals surface area (Å²) in [6.07, 6.45) is -0.624. The van der Waals surface area contributed by atoms with E-state index in [1.165, 1.54) is 11.5 Å². The van der Waals surface area contributed by atoms with Crippen LogP contribution in [-0.4, -0.2) is 28.4 Å². The highest BCUT2D eigenvalue weighted by Gasteiger charge is 2.18. The summed E-state index contributed by atoms with van der Waals surface area (Å²) < 4.78 is 20.0. The van der Waals surface area contributed by atoms with E-state index in [4.69, 9.17) is 14.2 Å². The van der Waals surface area contributed by atoms with Crippen LogP contribution in [0, 0.1) is 6.92 Å². The van der Waals surface area contributed by atoms with Crippen LogP contribution >= 0.6 is 11.5 Å². The summed E-state index contributed by atoms with van der Waals surface area (Å²) in [5.74, 6) is 1.65. The third-order valence-corrected chi connectivity index (χ3v) is 4.02. The number of rotatable bonds is 5. The number of fused-ring (bicyclic) bond motifs is 1. The van der Waals surface area contributed by atoms with Crippen molar-refractivity contribution in [1.82, 2.24) is 14.9 Å². The van der Waals surface area contributed by atoms with Crippen molar-refractivity contribution in [2.45, 2.75) is 26.5 Å². The van der Waals surface area contributed by atoms with Crippen molar-refractivity contribution >= 4 is 17.4 Å². The van der Waals surface area contributed by atoms with E-state index in [-0.39, 0.29) is 12.7 Å². The Morgan fingerprint density at radius 1 is 1.45 bits per heavy atom. The molecule has 1 aromatic carbocycles. The van der Waals surface area contributed by atoms with Crippen molar-refractivity contribution in [3.05, 3.63) is 28.8 Å². The lowest BCUT2D eigenvalue weighted by Gasteiger charge is -2.14. The van der Waals surface area contributed by atoms with Crippen LogP contribution in [-0.2, 0) is 11.3 Å². The third-order valence-electron chi connectivity index (χ3n) is 3.19. The quantitative estimate of drug-likeness (QED) is 0.902. The Balaban J connectivity index is 1.56. The highest BCUT2D eigenvalue weighted by Crippen LogP contribution is 2.35. The van der Waals surface area contributed by atoms with Crippen molar-refractivity contribution in [2.24, 2.45) is 0 Å². The zero-order valence-electron chi connectivity index (χ0n) is 12.2. The number of nitrogens with zero attached hydrogens (tertiary/aromatic N) is 2. The number of carbonyl (C=O) groups excluding carboxylic acids is 1. The molecule has 22 heavy (non-hydrogen) atoms. The zero-order valence-corrected chi connectivity index (χ0v) is 13.0. The van der Waals surface area contributed by atoms with Crippen LogP contribution in [0.1, 0.15) is 17.5 Å². The van der Waals surface area contributed by atoms with Gasteiger partial charge in [0.05, 0.1) is 17.1 Å². The topological polar surface area (TPSA) is 82.6 Å². The van der Waals surface area contributed by atoms with Gasteiger partial charge in [-0.1, -0.05) is 4.49 Å². The maximum atomic E-state index is 12.1. The molecule has 1 amide bonds. The van der Waals surface area contributed by atoms with Gasteiger partial charge in [-0.25, -0.2) is 0 Å². The minimum absolute atomic E-state index is 0.203. The Hall–Kier alpha value is -2.35. The second-order valence-corrected chi connectivity index (χ2v) is 5.61. The van der Waals surface area contributed by atoms with Gasteiger partial charge in [0.25, 0.3) is 5.91 Å². The van der Waals surface area contributed by atoms with E-state index in [0.29, 0.717) is 23.8 Å². The highest BCUT2D eigenvalue weighted by atomic mass is 32.1. The van der Waals surface area contributed by atoms with Crippen molar-refractivity contribution in [1.29, 1.82) is 0 Å². The number of nitrogens with one attached hydrogen (secondary N) is 1. The molecule has 0 radical (unpaired) electrons. The summed E-state index contributed by atoms with van der Waals surface area (Å²) in [6, 6.07) is 5.21. The Morgan fingerprint density at radius 3 is 3.05 bits per heavy atom. The number of ether oxygens (including phenoxy) is 3. The summed E-state index contributed by atoms with van der Waals surface area (Å²) in [7, 11) is 0. The number of aryl methyl sites for hydroxylation is 1. The Kier molecular flexibility index (Phi) is 4.10. The van der Waals surface area contributed by atoms with E-state index in [0.717, 1.165) is 10.6 Å². The maximum Gasteiger partial charge on any atom is 0.261 e. The lowest BCUT2D eigenvalue weighted by Crippen LogP contribution is -2.35. The average molecular weight is 321 g/mol. The molecule has 0 saturated heterocycles. The summed E-state index contributed by atoms with van der Waals surface area (Å²) in [4.78, 5) is 13.0. The molecule has 3 rings (SSSR count). The lowest BCUT2D eigenvalue weighted by molar-refractivity contribution is -0.127. The molecule has 2 heterocycles. The Labute approximate surface area is 131 Å². The van der Waals surface area contributed by atoms with Crippen LogP contribution < -0.4 is 19.5 Å². The van der Waals surface area contributed by atoms with Crippen LogP contribution in [0.15, 0.2) is 18.2 Å². The van der Waals surface area contributed by atoms with E-state index in [9.17, 15) is 4.79 Å². The first-order valence-corrected chi connectivity index (χ1v) is 7.52. The van der Waals surface area contributed by atoms with Gasteiger partial charge in [-0.2, -0.15) is 0 Å². The molecule has 116 valence electrons. The maximum absolute atomic E-state index is 12.1. The predicted molar refractivity (Wildman–Crippen MR) is 79.1 cm³/mol. The molecule has 0 fully saturated rings. The van der Waals surface area contributed by atoms with E-state index >= 15 is 0 Å². The Bertz CT molecular complexity index is 688. The first-order chi connectivity index (χ1) is 10.6. The molecule has 0 bridgehead atoms. The molecular weight excluding hydrogens is 306 g/mol. The van der Waals surface area contributed by atoms with Gasteiger partial charge in [0, 0.05) is 6.07 Å². The van der Waals surface area contributed by atoms with Gasteiger partial charge in [-0.05, 0) is 37.5 Å². The standard InChI is InChI=1S/C14H15N3O4S/c1-8-13(22-17-16-8)6-15-14(18)9(2)21-10-3-4-11-12(5-10)20-7-19-11/h3-5,9H,6-7H2,1-2H3,(H,15,18)/t9-/m0/s1. The number of benzene rings is 1. The molecule has 2 aromatic rings. The van der Waals surface area contributed by atoms with E-state index in [1.54, 1.807) is 25.1 Å². The molecular formula is C14H15N3O4S. The van der Waals surface area contributed by atoms with Crippen LogP contribution in [0.5, 0.6) is 17.2 Å². The van der Waals surface area contributed by atoms with Gasteiger partial charge in [0.1, 0.15) is 5.75 Å². The molecule has 8 heteroatoms. The SMILES string of the molecule is Cc1nnsc1CNC(=O)[C@H](C)Oc1ccc2c(c1)OCO2. The van der Waals surface area contributed by atoms with Crippen LogP contribution in [0.2, 0.25) is 0 Å². The normalized spacial score (nSPS) is 13.7. The van der Waals surface area contributed by atoms with Gasteiger partial charge >= 0.3 is 0 Å². The number of aromatic nitrogens is 2. The summed E-state index contributed by atoms with van der Waals surface area (Å²) >= 11 is 1.27. The van der Waals surface area contributed by atoms with Crippen molar-refractivity contribution in [2.75, 3.05) is 6.79 Å². The van der Waals surface area contributed by atoms with Gasteiger partial charge in [0.2, 0.25) is 6.79 Å². The van der Waals surface area contributed by atoms with Gasteiger partial charge in [0.15, 0.2) is 17.6 Å². The van der Waals surface area contributed by atoms with Crippen LogP contribution in [0.25, 0.3) is 0 Å². The average Bonchev–Trinajstić information content (AvgIpc) is 3.13. The molecule has 1 aliphatic rings. The summed E-state index contributed by atoms with van der Waals surface area (Å²) in [5.41, 5.74) is 0.828. The molecule has 0 unspecified atom stereocenters. The smallest absolute Gasteiger partial charge is 0.261 e. The number of carbonyl (C=O) groups is 1. The minimum Gasteiger partial charge on any atom is -0.481 e. The summed E-state index contributed by atoms with van der Waals surface area (Å²) in [5, 5.41) is 6.71. The monoisotopic (exact) mass is 321 g/mol. The van der Waals surface area contributed by atoms with E-state index < -0.39 is 6.10 Å². The summed E-state index contributed by atoms with van der Waals surface area (Å²) in [6.45, 7) is 4.16. The van der Waals surface area contributed by atoms with Gasteiger partial charge in [-0.3, -0.25) is 4.79 Å². The molecule has 1 N–H and O–H groups in total. The van der Waals surface area contributed by atoms with E-state index in [1.807, 2.05) is 6.92 Å².